The van der Waals surface area contributed by atoms with Gasteiger partial charge in [-0.2, -0.15) is 0 Å². The van der Waals surface area contributed by atoms with Crippen LogP contribution in [0.2, 0.25) is 5.02 Å². The molecule has 0 aliphatic rings. The number of nitrogens with zero attached hydrogens (tertiary/aromatic N) is 3. The van der Waals surface area contributed by atoms with Crippen molar-refractivity contribution in [2.75, 3.05) is 64.3 Å². The Bertz CT molecular complexity index is 1410. The summed E-state index contributed by atoms with van der Waals surface area (Å²) in [6.45, 7) is 6.05. The van der Waals surface area contributed by atoms with Crippen LogP contribution in [-0.4, -0.2) is 79.6 Å². The number of ether oxygens (including phenoxy) is 3. The first kappa shape index (κ1) is 37.0. The number of carboxylic acid groups (broad SMARTS) is 1. The third-order valence-corrected chi connectivity index (χ3v) is 7.25. The van der Waals surface area contributed by atoms with E-state index in [2.05, 4.69) is 31.6 Å². The number of hydrogen-bond donors (Lipinski definition) is 3. The van der Waals surface area contributed by atoms with Crippen molar-refractivity contribution < 1.29 is 28.5 Å². The number of fused-ring (bicyclic) bond motifs is 1. The van der Waals surface area contributed by atoms with Gasteiger partial charge in [-0.25, -0.2) is 14.4 Å². The summed E-state index contributed by atoms with van der Waals surface area (Å²) in [7, 11) is 4.03. The molecular formula is C34H47ClFN5O5. The van der Waals surface area contributed by atoms with E-state index in [-0.39, 0.29) is 11.4 Å². The third kappa shape index (κ3) is 13.9. The van der Waals surface area contributed by atoms with Gasteiger partial charge < -0.3 is 34.9 Å². The molecule has 1 aromatic heterocycles. The highest BCUT2D eigenvalue weighted by Crippen LogP contribution is 2.34. The van der Waals surface area contributed by atoms with Crippen LogP contribution in [0.25, 0.3) is 10.9 Å². The van der Waals surface area contributed by atoms with Crippen LogP contribution in [0.4, 0.5) is 21.6 Å². The summed E-state index contributed by atoms with van der Waals surface area (Å²) in [5.74, 6) is 0.0201. The van der Waals surface area contributed by atoms with Crippen LogP contribution in [0.1, 0.15) is 58.3 Å². The molecule has 0 amide bonds. The number of carboxylic acids is 1. The van der Waals surface area contributed by atoms with Crippen LogP contribution in [0.15, 0.2) is 48.4 Å². The topological polar surface area (TPSA) is 118 Å². The molecule has 0 radical (unpaired) electrons. The quantitative estimate of drug-likeness (QED) is 0.0876. The molecule has 3 aromatic rings. The van der Waals surface area contributed by atoms with E-state index in [1.54, 1.807) is 6.07 Å². The van der Waals surface area contributed by atoms with Gasteiger partial charge in [0.1, 0.15) is 23.7 Å². The fraction of sp³-hybridized carbons (Fsp3) is 0.500. The minimum atomic E-state index is -0.741. The first-order valence-corrected chi connectivity index (χ1v) is 16.2. The molecule has 12 heteroatoms. The van der Waals surface area contributed by atoms with Crippen molar-refractivity contribution in [2.45, 2.75) is 58.3 Å². The Morgan fingerprint density at radius 2 is 1.63 bits per heavy atom. The Kier molecular flexibility index (Phi) is 16.5. The van der Waals surface area contributed by atoms with E-state index in [0.717, 1.165) is 61.8 Å². The molecule has 2 aromatic carbocycles. The average molecular weight is 660 g/mol. The van der Waals surface area contributed by atoms with Crippen molar-refractivity contribution >= 4 is 45.7 Å². The van der Waals surface area contributed by atoms with E-state index in [4.69, 9.17) is 30.9 Å². The fourth-order valence-electron chi connectivity index (χ4n) is 4.45. The molecule has 0 aliphatic heterocycles. The zero-order valence-electron chi connectivity index (χ0n) is 27.1. The van der Waals surface area contributed by atoms with Gasteiger partial charge in [-0.05, 0) is 83.8 Å². The molecule has 10 nitrogen and oxygen atoms in total. The lowest BCUT2D eigenvalue weighted by Crippen LogP contribution is -2.12. The van der Waals surface area contributed by atoms with Crippen molar-refractivity contribution in [1.82, 2.24) is 14.9 Å². The van der Waals surface area contributed by atoms with Gasteiger partial charge in [0.15, 0.2) is 0 Å². The van der Waals surface area contributed by atoms with Gasteiger partial charge >= 0.3 is 5.97 Å². The first-order valence-electron chi connectivity index (χ1n) is 15.8. The van der Waals surface area contributed by atoms with Crippen molar-refractivity contribution in [2.24, 2.45) is 0 Å². The summed E-state index contributed by atoms with van der Waals surface area (Å²) in [6.07, 6.45) is 9.88. The van der Waals surface area contributed by atoms with Gasteiger partial charge in [0.25, 0.3) is 0 Å². The number of unbranched alkanes of at least 4 members (excludes halogenated alkanes) is 4. The molecule has 0 aliphatic carbocycles. The number of aromatic nitrogens is 2. The van der Waals surface area contributed by atoms with Gasteiger partial charge in [0.2, 0.25) is 0 Å². The molecule has 0 atom stereocenters. The van der Waals surface area contributed by atoms with Crippen LogP contribution < -0.4 is 15.4 Å². The van der Waals surface area contributed by atoms with E-state index in [1.165, 1.54) is 18.5 Å². The number of nitrogens with one attached hydrogen (secondary N) is 2. The van der Waals surface area contributed by atoms with Crippen LogP contribution in [0, 0.1) is 5.82 Å². The third-order valence-electron chi connectivity index (χ3n) is 6.96. The van der Waals surface area contributed by atoms with Crippen LogP contribution in [0.3, 0.4) is 0 Å². The predicted octanol–water partition coefficient (Wildman–Crippen LogP) is 7.66. The van der Waals surface area contributed by atoms with Crippen molar-refractivity contribution in [3.63, 3.8) is 0 Å². The normalized spacial score (nSPS) is 11.7. The number of rotatable bonds is 23. The second-order valence-corrected chi connectivity index (χ2v) is 11.7. The number of likely N-dealkylation sites (N-methyl/N-ethyl adjacent to an activating group) is 1. The minimum Gasteiger partial charge on any atom is -0.491 e. The summed E-state index contributed by atoms with van der Waals surface area (Å²) in [6, 6.07) is 8.29. The molecule has 0 bridgehead atoms. The minimum absolute atomic E-state index is 0.0257. The van der Waals surface area contributed by atoms with Gasteiger partial charge in [-0.1, -0.05) is 24.1 Å². The van der Waals surface area contributed by atoms with Gasteiger partial charge in [-0.3, -0.25) is 4.79 Å². The number of aliphatic carboxylic acids is 1. The molecule has 0 spiro atoms. The van der Waals surface area contributed by atoms with Gasteiger partial charge in [0.05, 0.1) is 22.8 Å². The Hall–Kier alpha value is -3.51. The number of anilines is 3. The molecule has 0 saturated carbocycles. The highest BCUT2D eigenvalue weighted by atomic mass is 35.5. The number of benzene rings is 2. The Morgan fingerprint density at radius 1 is 0.957 bits per heavy atom. The molecule has 0 saturated heterocycles. The molecule has 252 valence electrons. The average Bonchev–Trinajstić information content (AvgIpc) is 3.02. The highest BCUT2D eigenvalue weighted by molar-refractivity contribution is 6.31. The lowest BCUT2D eigenvalue weighted by Gasteiger charge is -2.17. The maximum absolute atomic E-state index is 13.7. The molecule has 3 rings (SSSR count). The van der Waals surface area contributed by atoms with Crippen LogP contribution in [0.5, 0.6) is 5.75 Å². The summed E-state index contributed by atoms with van der Waals surface area (Å²) >= 11 is 5.99. The number of halogens is 2. The molecule has 3 N–H and O–H groups in total. The predicted molar refractivity (Wildman–Crippen MR) is 182 cm³/mol. The highest BCUT2D eigenvalue weighted by Gasteiger charge is 2.13. The summed E-state index contributed by atoms with van der Waals surface area (Å²) in [5, 5.41) is 16.1. The smallest absolute Gasteiger partial charge is 0.303 e. The second kappa shape index (κ2) is 20.6. The van der Waals surface area contributed by atoms with E-state index < -0.39 is 11.8 Å². The first-order chi connectivity index (χ1) is 22.2. The summed E-state index contributed by atoms with van der Waals surface area (Å²) < 4.78 is 31.3. The summed E-state index contributed by atoms with van der Waals surface area (Å²) in [4.78, 5) is 21.5. The number of hydrogen-bond acceptors (Lipinski definition) is 9. The lowest BCUT2D eigenvalue weighted by atomic mass is 10.1. The molecule has 46 heavy (non-hydrogen) atoms. The maximum Gasteiger partial charge on any atom is 0.303 e. The van der Waals surface area contributed by atoms with E-state index in [0.29, 0.717) is 62.2 Å². The van der Waals surface area contributed by atoms with E-state index in [1.807, 2.05) is 33.2 Å². The Balaban J connectivity index is 1.48. The largest absolute Gasteiger partial charge is 0.491 e. The van der Waals surface area contributed by atoms with Crippen LogP contribution in [-0.2, 0) is 14.3 Å². The Labute approximate surface area is 276 Å². The molecule has 0 unspecified atom stereocenters. The monoisotopic (exact) mass is 659 g/mol. The fourth-order valence-corrected chi connectivity index (χ4v) is 4.63. The zero-order chi connectivity index (χ0) is 33.1. The van der Waals surface area contributed by atoms with Crippen molar-refractivity contribution in [1.29, 1.82) is 0 Å². The summed E-state index contributed by atoms with van der Waals surface area (Å²) in [5.41, 5.74) is 3.07. The number of carbonyl (C=O) groups is 1. The van der Waals surface area contributed by atoms with Gasteiger partial charge in [0, 0.05) is 62.2 Å². The lowest BCUT2D eigenvalue weighted by molar-refractivity contribution is -0.137. The van der Waals surface area contributed by atoms with Crippen molar-refractivity contribution in [3.05, 3.63) is 59.3 Å². The standard InChI is InChI=1S/C34H47ClFN5O5/c1-25(14-15-41(2)3)39-31-22-27-30(37-24-38-34(27)40-26-12-13-29(36)28(35)21-26)23-32(31)46-20-10-9-19-45-18-8-7-17-44-16-6-4-5-11-33(42)43/h12-14,21-24,39H,4-11,15-20H2,1-3H3,(H,42,43)(H,37,38,40). The van der Waals surface area contributed by atoms with Crippen molar-refractivity contribution in [3.8, 4) is 5.75 Å². The molecule has 1 heterocycles. The zero-order valence-corrected chi connectivity index (χ0v) is 27.9. The number of allylic oxidation sites excluding steroid dienone is 1. The van der Waals surface area contributed by atoms with E-state index >= 15 is 0 Å². The van der Waals surface area contributed by atoms with E-state index in [9.17, 15) is 9.18 Å². The molecular weight excluding hydrogens is 613 g/mol. The van der Waals surface area contributed by atoms with Crippen LogP contribution >= 0.6 is 11.6 Å². The second-order valence-electron chi connectivity index (χ2n) is 11.3. The molecule has 0 fully saturated rings. The van der Waals surface area contributed by atoms with Gasteiger partial charge in [-0.15, -0.1) is 0 Å². The maximum atomic E-state index is 13.7. The SMILES string of the molecule is CC(=CCN(C)C)Nc1cc2c(Nc3ccc(F)c(Cl)c3)ncnc2cc1OCCCCOCCCCOCCCCCC(=O)O. The Morgan fingerprint density at radius 3 is 2.28 bits per heavy atom.